The molecule has 11 heteroatoms. The topological polar surface area (TPSA) is 93.4 Å². The summed E-state index contributed by atoms with van der Waals surface area (Å²) in [6.45, 7) is 6.65. The zero-order valence-corrected chi connectivity index (χ0v) is 15.8. The molecule has 3 heterocycles. The van der Waals surface area contributed by atoms with Gasteiger partial charge in [-0.1, -0.05) is 17.4 Å². The molecule has 0 saturated heterocycles. The Morgan fingerprint density at radius 3 is 2.79 bits per heavy atom. The van der Waals surface area contributed by atoms with E-state index in [1.807, 2.05) is 24.0 Å². The summed E-state index contributed by atoms with van der Waals surface area (Å²) in [5.41, 5.74) is 3.43. The third kappa shape index (κ3) is 6.36. The number of aliphatic carboxylic acids is 1. The Hall–Kier alpha value is -2.79. The molecule has 0 bridgehead atoms. The molecule has 0 fully saturated rings. The monoisotopic (exact) mass is 413 g/mol. The van der Waals surface area contributed by atoms with Crippen LogP contribution in [0.15, 0.2) is 37.2 Å². The van der Waals surface area contributed by atoms with Crippen molar-refractivity contribution in [1.82, 2.24) is 24.9 Å². The van der Waals surface area contributed by atoms with Crippen molar-refractivity contribution in [3.8, 4) is 0 Å². The SMILES string of the molecule is C=CCOCC1c2nnn(C)c2CCN1Cc1cccnc1.O=C(O)C(F)(F)F. The highest BCUT2D eigenvalue weighted by molar-refractivity contribution is 5.73. The fourth-order valence-corrected chi connectivity index (χ4v) is 2.88. The molecular weight excluding hydrogens is 391 g/mol. The summed E-state index contributed by atoms with van der Waals surface area (Å²) >= 11 is 0. The van der Waals surface area contributed by atoms with E-state index in [9.17, 15) is 13.2 Å². The molecule has 0 aromatic carbocycles. The molecule has 0 saturated carbocycles. The Bertz CT molecular complexity index is 811. The van der Waals surface area contributed by atoms with Crippen LogP contribution in [-0.2, 0) is 29.5 Å². The second-order valence-corrected chi connectivity index (χ2v) is 6.27. The van der Waals surface area contributed by atoms with Crippen molar-refractivity contribution in [2.24, 2.45) is 7.05 Å². The van der Waals surface area contributed by atoms with E-state index in [1.54, 1.807) is 12.3 Å². The first-order chi connectivity index (χ1) is 13.7. The summed E-state index contributed by atoms with van der Waals surface area (Å²) in [4.78, 5) is 15.5. The summed E-state index contributed by atoms with van der Waals surface area (Å²) in [5, 5.41) is 15.7. The van der Waals surface area contributed by atoms with Gasteiger partial charge in [0.15, 0.2) is 0 Å². The standard InChI is InChI=1S/C16H21N5O.C2HF3O2/c1-3-9-22-12-15-16-14(20(2)19-18-16)6-8-21(15)11-13-5-4-7-17-10-13;3-2(4,5)1(6)7/h3-5,7,10,15H,1,6,8-9,11-12H2,2H3;(H,6,7). The van der Waals surface area contributed by atoms with E-state index in [-0.39, 0.29) is 6.04 Å². The first-order valence-electron chi connectivity index (χ1n) is 8.74. The van der Waals surface area contributed by atoms with Crippen LogP contribution in [0.2, 0.25) is 0 Å². The average Bonchev–Trinajstić information content (AvgIpc) is 3.05. The lowest BCUT2D eigenvalue weighted by Crippen LogP contribution is -2.38. The third-order valence-electron chi connectivity index (χ3n) is 4.23. The Morgan fingerprint density at radius 2 is 2.21 bits per heavy atom. The van der Waals surface area contributed by atoms with Crippen LogP contribution < -0.4 is 0 Å². The van der Waals surface area contributed by atoms with Crippen LogP contribution in [0.3, 0.4) is 0 Å². The molecule has 8 nitrogen and oxygen atoms in total. The predicted octanol–water partition coefficient (Wildman–Crippen LogP) is 2.15. The summed E-state index contributed by atoms with van der Waals surface area (Å²) in [6.07, 6.45) is 1.35. The summed E-state index contributed by atoms with van der Waals surface area (Å²) in [6, 6.07) is 4.19. The van der Waals surface area contributed by atoms with Gasteiger partial charge in [0.1, 0.15) is 5.69 Å². The van der Waals surface area contributed by atoms with Gasteiger partial charge in [-0.3, -0.25) is 14.6 Å². The second-order valence-electron chi connectivity index (χ2n) is 6.27. The van der Waals surface area contributed by atoms with Gasteiger partial charge in [0, 0.05) is 39.0 Å². The molecule has 1 aliphatic rings. The Kier molecular flexibility index (Phi) is 7.85. The molecular formula is C18H22F3N5O3. The second kappa shape index (κ2) is 10.1. The van der Waals surface area contributed by atoms with Crippen molar-refractivity contribution >= 4 is 5.97 Å². The quantitative estimate of drug-likeness (QED) is 0.573. The smallest absolute Gasteiger partial charge is 0.475 e. The number of ether oxygens (including phenoxy) is 1. The number of halogens is 3. The molecule has 2 aromatic rings. The van der Waals surface area contributed by atoms with Crippen molar-refractivity contribution in [2.45, 2.75) is 25.2 Å². The largest absolute Gasteiger partial charge is 0.490 e. The average molecular weight is 413 g/mol. The molecule has 0 radical (unpaired) electrons. The summed E-state index contributed by atoms with van der Waals surface area (Å²) in [7, 11) is 1.95. The lowest BCUT2D eigenvalue weighted by atomic mass is 10.0. The van der Waals surface area contributed by atoms with Gasteiger partial charge in [-0.15, -0.1) is 11.7 Å². The number of carboxylic acids is 1. The first-order valence-corrected chi connectivity index (χ1v) is 8.74. The van der Waals surface area contributed by atoms with Crippen LogP contribution in [0.4, 0.5) is 13.2 Å². The zero-order chi connectivity index (χ0) is 21.4. The van der Waals surface area contributed by atoms with Crippen LogP contribution in [0, 0.1) is 0 Å². The van der Waals surface area contributed by atoms with Gasteiger partial charge in [0.05, 0.1) is 24.9 Å². The molecule has 2 aromatic heterocycles. The van der Waals surface area contributed by atoms with Crippen molar-refractivity contribution in [2.75, 3.05) is 19.8 Å². The number of rotatable bonds is 6. The minimum absolute atomic E-state index is 0.123. The fourth-order valence-electron chi connectivity index (χ4n) is 2.88. The van der Waals surface area contributed by atoms with E-state index < -0.39 is 12.1 Å². The summed E-state index contributed by atoms with van der Waals surface area (Å²) in [5.74, 6) is -2.76. The molecule has 0 amide bonds. The Labute approximate surface area is 165 Å². The molecule has 0 spiro atoms. The molecule has 1 aliphatic heterocycles. The number of pyridine rings is 1. The molecule has 1 atom stereocenters. The number of hydrogen-bond donors (Lipinski definition) is 1. The zero-order valence-electron chi connectivity index (χ0n) is 15.8. The number of hydrogen-bond acceptors (Lipinski definition) is 6. The number of aromatic nitrogens is 4. The number of alkyl halides is 3. The van der Waals surface area contributed by atoms with Crippen LogP contribution in [0.25, 0.3) is 0 Å². The maximum atomic E-state index is 10.6. The van der Waals surface area contributed by atoms with Gasteiger partial charge in [-0.05, 0) is 11.6 Å². The highest BCUT2D eigenvalue weighted by Crippen LogP contribution is 2.29. The van der Waals surface area contributed by atoms with E-state index in [2.05, 4.69) is 32.8 Å². The lowest BCUT2D eigenvalue weighted by Gasteiger charge is -2.34. The lowest BCUT2D eigenvalue weighted by molar-refractivity contribution is -0.192. The van der Waals surface area contributed by atoms with Gasteiger partial charge < -0.3 is 9.84 Å². The predicted molar refractivity (Wildman–Crippen MR) is 96.8 cm³/mol. The van der Waals surface area contributed by atoms with Gasteiger partial charge >= 0.3 is 12.1 Å². The van der Waals surface area contributed by atoms with Crippen LogP contribution in [0.1, 0.15) is 23.0 Å². The molecule has 0 aliphatic carbocycles. The fraction of sp³-hybridized carbons (Fsp3) is 0.444. The minimum Gasteiger partial charge on any atom is -0.475 e. The molecule has 158 valence electrons. The van der Waals surface area contributed by atoms with Crippen molar-refractivity contribution in [3.63, 3.8) is 0 Å². The van der Waals surface area contributed by atoms with E-state index in [0.29, 0.717) is 13.2 Å². The number of carboxylic acid groups (broad SMARTS) is 1. The molecule has 1 unspecified atom stereocenters. The minimum atomic E-state index is -5.08. The van der Waals surface area contributed by atoms with E-state index in [1.165, 1.54) is 11.3 Å². The highest BCUT2D eigenvalue weighted by Gasteiger charge is 2.38. The first kappa shape index (κ1) is 22.5. The van der Waals surface area contributed by atoms with Crippen molar-refractivity contribution in [3.05, 3.63) is 54.1 Å². The van der Waals surface area contributed by atoms with Crippen LogP contribution >= 0.6 is 0 Å². The maximum Gasteiger partial charge on any atom is 0.490 e. The van der Waals surface area contributed by atoms with E-state index in [0.717, 1.165) is 25.2 Å². The van der Waals surface area contributed by atoms with Crippen LogP contribution in [0.5, 0.6) is 0 Å². The molecule has 1 N–H and O–H groups in total. The molecule has 29 heavy (non-hydrogen) atoms. The van der Waals surface area contributed by atoms with Gasteiger partial charge in [-0.2, -0.15) is 13.2 Å². The Balaban J connectivity index is 0.000000370. The van der Waals surface area contributed by atoms with E-state index in [4.69, 9.17) is 14.6 Å². The summed E-state index contributed by atoms with van der Waals surface area (Å²) < 4.78 is 39.3. The highest BCUT2D eigenvalue weighted by atomic mass is 19.4. The number of nitrogens with zero attached hydrogens (tertiary/aromatic N) is 5. The number of carbonyl (C=O) groups is 1. The third-order valence-corrected chi connectivity index (χ3v) is 4.23. The van der Waals surface area contributed by atoms with Crippen LogP contribution in [-0.4, -0.2) is 61.9 Å². The van der Waals surface area contributed by atoms with Gasteiger partial charge in [-0.25, -0.2) is 4.79 Å². The van der Waals surface area contributed by atoms with Crippen molar-refractivity contribution < 1.29 is 27.8 Å². The molecule has 3 rings (SSSR count). The van der Waals surface area contributed by atoms with E-state index >= 15 is 0 Å². The van der Waals surface area contributed by atoms with Gasteiger partial charge in [0.2, 0.25) is 0 Å². The Morgan fingerprint density at radius 1 is 1.48 bits per heavy atom. The number of aryl methyl sites for hydroxylation is 1. The maximum absolute atomic E-state index is 10.6. The normalized spacial score (nSPS) is 16.5. The van der Waals surface area contributed by atoms with Crippen molar-refractivity contribution in [1.29, 1.82) is 0 Å². The number of fused-ring (bicyclic) bond motifs is 1. The van der Waals surface area contributed by atoms with Gasteiger partial charge in [0.25, 0.3) is 0 Å².